The topological polar surface area (TPSA) is 73.7 Å². The summed E-state index contributed by atoms with van der Waals surface area (Å²) in [6, 6.07) is 8.30. The molecular weight excluding hydrogens is 455 g/mol. The standard InChI is InChI=1S/C26H24F3N5O/c1-14-10-18(6-8-30-14)22-11-17(7-9-35-22)20-12-21-25(33-16(3)15(2)32-21)24(34-20)19-4-5-23(31-13-19)26(27,28)29/h4-6,8,10,12-13,17,22H,7,9,11H2,1-3H3/t17?,22-/m1/s1. The van der Waals surface area contributed by atoms with Gasteiger partial charge in [0.1, 0.15) is 11.2 Å². The summed E-state index contributed by atoms with van der Waals surface area (Å²) in [7, 11) is 0. The lowest BCUT2D eigenvalue weighted by atomic mass is 9.88. The molecule has 2 atom stereocenters. The van der Waals surface area contributed by atoms with Gasteiger partial charge in [-0.1, -0.05) is 0 Å². The van der Waals surface area contributed by atoms with Crippen molar-refractivity contribution in [2.45, 2.75) is 51.8 Å². The van der Waals surface area contributed by atoms with Gasteiger partial charge in [-0.2, -0.15) is 13.2 Å². The molecular formula is C26H24F3N5O. The van der Waals surface area contributed by atoms with Crippen molar-refractivity contribution in [1.82, 2.24) is 24.9 Å². The number of fused-ring (bicyclic) bond motifs is 1. The fraction of sp³-hybridized carbons (Fsp3) is 0.346. The van der Waals surface area contributed by atoms with Crippen LogP contribution in [0.3, 0.4) is 0 Å². The van der Waals surface area contributed by atoms with Gasteiger partial charge < -0.3 is 4.74 Å². The second-order valence-corrected chi connectivity index (χ2v) is 8.90. The summed E-state index contributed by atoms with van der Waals surface area (Å²) >= 11 is 0. The minimum Gasteiger partial charge on any atom is -0.373 e. The van der Waals surface area contributed by atoms with Crippen molar-refractivity contribution in [3.05, 3.63) is 76.8 Å². The molecule has 4 aromatic heterocycles. The lowest BCUT2D eigenvalue weighted by Crippen LogP contribution is -2.20. The summed E-state index contributed by atoms with van der Waals surface area (Å²) in [6.45, 7) is 6.26. The van der Waals surface area contributed by atoms with Gasteiger partial charge in [0.15, 0.2) is 0 Å². The summed E-state index contributed by atoms with van der Waals surface area (Å²) in [5.74, 6) is 0.0937. The van der Waals surface area contributed by atoms with Crippen LogP contribution in [0.4, 0.5) is 13.2 Å². The highest BCUT2D eigenvalue weighted by molar-refractivity contribution is 5.89. The summed E-state index contributed by atoms with van der Waals surface area (Å²) in [5.41, 5.74) is 5.58. The third kappa shape index (κ3) is 4.73. The number of hydrogen-bond acceptors (Lipinski definition) is 6. The first-order valence-electron chi connectivity index (χ1n) is 11.4. The van der Waals surface area contributed by atoms with Crippen LogP contribution < -0.4 is 0 Å². The highest BCUT2D eigenvalue weighted by Gasteiger charge is 2.32. The Hall–Kier alpha value is -3.46. The number of ether oxygens (including phenoxy) is 1. The molecule has 0 aromatic carbocycles. The first-order chi connectivity index (χ1) is 16.7. The number of rotatable bonds is 3. The van der Waals surface area contributed by atoms with Crippen molar-refractivity contribution in [3.63, 3.8) is 0 Å². The maximum atomic E-state index is 13.1. The van der Waals surface area contributed by atoms with Crippen molar-refractivity contribution in [1.29, 1.82) is 0 Å². The molecule has 5 rings (SSSR count). The van der Waals surface area contributed by atoms with Gasteiger partial charge in [-0.15, -0.1) is 0 Å². The van der Waals surface area contributed by atoms with Crippen LogP contribution in [0, 0.1) is 20.8 Å². The van der Waals surface area contributed by atoms with Crippen molar-refractivity contribution in [2.24, 2.45) is 0 Å². The number of pyridine rings is 3. The predicted octanol–water partition coefficient (Wildman–Crippen LogP) is 6.06. The SMILES string of the molecule is Cc1cc([C@H]2CC(c3cc4nc(C)c(C)nc4c(-c4ccc(C(F)(F)F)nc4)n3)CCO2)ccn1. The molecule has 1 aliphatic heterocycles. The van der Waals surface area contributed by atoms with Gasteiger partial charge in [0.05, 0.1) is 28.7 Å². The summed E-state index contributed by atoms with van der Waals surface area (Å²) in [4.78, 5) is 22.2. The molecule has 0 spiro atoms. The Morgan fingerprint density at radius 3 is 2.46 bits per heavy atom. The van der Waals surface area contributed by atoms with E-state index in [1.54, 1.807) is 6.20 Å². The van der Waals surface area contributed by atoms with Crippen LogP contribution in [0.15, 0.2) is 42.7 Å². The Balaban J connectivity index is 1.58. The molecule has 1 fully saturated rings. The van der Waals surface area contributed by atoms with E-state index in [9.17, 15) is 13.2 Å². The van der Waals surface area contributed by atoms with Gasteiger partial charge in [0.25, 0.3) is 0 Å². The number of aromatic nitrogens is 5. The average Bonchev–Trinajstić information content (AvgIpc) is 2.84. The smallest absolute Gasteiger partial charge is 0.373 e. The van der Waals surface area contributed by atoms with E-state index in [0.29, 0.717) is 28.9 Å². The van der Waals surface area contributed by atoms with Gasteiger partial charge in [-0.05, 0) is 69.5 Å². The first-order valence-corrected chi connectivity index (χ1v) is 11.4. The first kappa shape index (κ1) is 23.3. The van der Waals surface area contributed by atoms with E-state index in [4.69, 9.17) is 14.7 Å². The normalized spacial score (nSPS) is 18.7. The molecule has 35 heavy (non-hydrogen) atoms. The Morgan fingerprint density at radius 1 is 0.943 bits per heavy atom. The van der Waals surface area contributed by atoms with Gasteiger partial charge in [0.2, 0.25) is 0 Å². The van der Waals surface area contributed by atoms with Gasteiger partial charge in [0, 0.05) is 41.9 Å². The van der Waals surface area contributed by atoms with Crippen LogP contribution in [0.5, 0.6) is 0 Å². The molecule has 0 saturated carbocycles. The van der Waals surface area contributed by atoms with Gasteiger partial charge in [-0.3, -0.25) is 15.0 Å². The van der Waals surface area contributed by atoms with Crippen LogP contribution in [0.25, 0.3) is 22.3 Å². The zero-order chi connectivity index (χ0) is 24.7. The Labute approximate surface area is 200 Å². The number of hydrogen-bond donors (Lipinski definition) is 0. The van der Waals surface area contributed by atoms with Gasteiger partial charge in [-0.25, -0.2) is 9.97 Å². The van der Waals surface area contributed by atoms with Crippen molar-refractivity contribution in [3.8, 4) is 11.3 Å². The van der Waals surface area contributed by atoms with Gasteiger partial charge >= 0.3 is 6.18 Å². The zero-order valence-electron chi connectivity index (χ0n) is 19.6. The van der Waals surface area contributed by atoms with E-state index >= 15 is 0 Å². The van der Waals surface area contributed by atoms with E-state index < -0.39 is 11.9 Å². The summed E-state index contributed by atoms with van der Waals surface area (Å²) in [6.07, 6.45) is -0.103. The maximum absolute atomic E-state index is 13.1. The third-order valence-electron chi connectivity index (χ3n) is 6.41. The van der Waals surface area contributed by atoms with Crippen LogP contribution in [-0.2, 0) is 10.9 Å². The predicted molar refractivity (Wildman–Crippen MR) is 125 cm³/mol. The molecule has 0 N–H and O–H groups in total. The zero-order valence-corrected chi connectivity index (χ0v) is 19.6. The minimum atomic E-state index is -4.51. The van der Waals surface area contributed by atoms with Crippen molar-refractivity contribution >= 4 is 11.0 Å². The van der Waals surface area contributed by atoms with Crippen LogP contribution in [-0.4, -0.2) is 31.5 Å². The number of nitrogens with zero attached hydrogens (tertiary/aromatic N) is 5. The Bertz CT molecular complexity index is 1390. The number of aryl methyl sites for hydroxylation is 3. The van der Waals surface area contributed by atoms with Crippen molar-refractivity contribution < 1.29 is 17.9 Å². The molecule has 1 aliphatic rings. The third-order valence-corrected chi connectivity index (χ3v) is 6.41. The average molecular weight is 480 g/mol. The van der Waals surface area contributed by atoms with Crippen LogP contribution in [0.2, 0.25) is 0 Å². The molecule has 180 valence electrons. The summed E-state index contributed by atoms with van der Waals surface area (Å²) in [5, 5.41) is 0. The van der Waals surface area contributed by atoms with E-state index in [1.807, 2.05) is 39.0 Å². The highest BCUT2D eigenvalue weighted by Crippen LogP contribution is 2.39. The highest BCUT2D eigenvalue weighted by atomic mass is 19.4. The largest absolute Gasteiger partial charge is 0.433 e. The van der Waals surface area contributed by atoms with E-state index in [-0.39, 0.29) is 12.0 Å². The molecule has 5 heterocycles. The lowest BCUT2D eigenvalue weighted by molar-refractivity contribution is -0.141. The molecule has 0 radical (unpaired) electrons. The Morgan fingerprint density at radius 2 is 1.74 bits per heavy atom. The van der Waals surface area contributed by atoms with Crippen LogP contribution in [0.1, 0.15) is 58.9 Å². The molecule has 6 nitrogen and oxygen atoms in total. The van der Waals surface area contributed by atoms with Crippen molar-refractivity contribution in [2.75, 3.05) is 6.61 Å². The monoisotopic (exact) mass is 479 g/mol. The summed E-state index contributed by atoms with van der Waals surface area (Å²) < 4.78 is 45.2. The van der Waals surface area contributed by atoms with Crippen LogP contribution >= 0.6 is 0 Å². The second-order valence-electron chi connectivity index (χ2n) is 8.90. The molecule has 4 aromatic rings. The maximum Gasteiger partial charge on any atom is 0.433 e. The molecule has 1 unspecified atom stereocenters. The molecule has 0 amide bonds. The quantitative estimate of drug-likeness (QED) is 0.356. The minimum absolute atomic E-state index is 0.0880. The molecule has 0 aliphatic carbocycles. The fourth-order valence-electron chi connectivity index (χ4n) is 4.43. The number of alkyl halides is 3. The van der Waals surface area contributed by atoms with E-state index in [1.165, 1.54) is 12.3 Å². The molecule has 9 heteroatoms. The van der Waals surface area contributed by atoms with E-state index in [2.05, 4.69) is 15.0 Å². The Kier molecular flexibility index (Phi) is 5.96. The molecule has 0 bridgehead atoms. The number of halogens is 3. The molecule has 1 saturated heterocycles. The fourth-order valence-corrected chi connectivity index (χ4v) is 4.43. The lowest BCUT2D eigenvalue weighted by Gasteiger charge is -2.30. The van der Waals surface area contributed by atoms with E-state index in [0.717, 1.165) is 47.2 Å². The second kappa shape index (κ2) is 8.96.